The molecule has 1 aliphatic heterocycles. The van der Waals surface area contributed by atoms with E-state index in [1.807, 2.05) is 30.1 Å². The van der Waals surface area contributed by atoms with Gasteiger partial charge in [-0.05, 0) is 17.5 Å². The number of hydrogen-bond donors (Lipinski definition) is 1. The molecule has 2 aromatic rings. The van der Waals surface area contributed by atoms with E-state index < -0.39 is 12.0 Å². The molecule has 0 fully saturated rings. The molecular weight excluding hydrogens is 256 g/mol. The quantitative estimate of drug-likeness (QED) is 0.896. The zero-order chi connectivity index (χ0) is 14.1. The largest absolute Gasteiger partial charge is 0.480 e. The molecule has 1 aromatic carbocycles. The van der Waals surface area contributed by atoms with Gasteiger partial charge in [0.15, 0.2) is 0 Å². The number of carboxylic acids is 1. The number of hydrogen-bond acceptors (Lipinski definition) is 4. The summed E-state index contributed by atoms with van der Waals surface area (Å²) in [6.07, 6.45) is 2.02. The molecule has 0 saturated heterocycles. The van der Waals surface area contributed by atoms with Crippen LogP contribution < -0.4 is 0 Å². The normalized spacial score (nSPS) is 18.8. The molecule has 3 rings (SSSR count). The standard InChI is InChI=1S/C14H16N4O2/c1-17-13(15-9-16-17)8-18-7-11-5-3-2-4-10(11)6-12(18)14(19)20/h2-5,9,12H,6-8H2,1H3,(H,19,20). The Morgan fingerprint density at radius 3 is 2.80 bits per heavy atom. The highest BCUT2D eigenvalue weighted by Crippen LogP contribution is 2.24. The molecule has 0 aliphatic carbocycles. The molecule has 0 radical (unpaired) electrons. The summed E-state index contributed by atoms with van der Waals surface area (Å²) in [6, 6.07) is 7.49. The van der Waals surface area contributed by atoms with E-state index in [1.165, 1.54) is 11.9 Å². The van der Waals surface area contributed by atoms with E-state index in [0.29, 0.717) is 19.5 Å². The number of carboxylic acid groups (broad SMARTS) is 1. The average Bonchev–Trinajstić information content (AvgIpc) is 2.83. The predicted octanol–water partition coefficient (Wildman–Crippen LogP) is 0.827. The van der Waals surface area contributed by atoms with Gasteiger partial charge >= 0.3 is 5.97 Å². The molecule has 0 amide bonds. The van der Waals surface area contributed by atoms with Crippen molar-refractivity contribution in [3.63, 3.8) is 0 Å². The number of nitrogens with zero attached hydrogens (tertiary/aromatic N) is 4. The van der Waals surface area contributed by atoms with Gasteiger partial charge < -0.3 is 5.11 Å². The SMILES string of the molecule is Cn1ncnc1CN1Cc2ccccc2CC1C(=O)O. The van der Waals surface area contributed by atoms with Gasteiger partial charge in [0.25, 0.3) is 0 Å². The van der Waals surface area contributed by atoms with E-state index in [4.69, 9.17) is 0 Å². The van der Waals surface area contributed by atoms with Gasteiger partial charge in [0.05, 0.1) is 6.54 Å². The highest BCUT2D eigenvalue weighted by molar-refractivity contribution is 5.74. The Labute approximate surface area is 116 Å². The Balaban J connectivity index is 1.89. The number of rotatable bonds is 3. The topological polar surface area (TPSA) is 71.2 Å². The zero-order valence-corrected chi connectivity index (χ0v) is 11.2. The van der Waals surface area contributed by atoms with E-state index in [-0.39, 0.29) is 0 Å². The third-order valence-electron chi connectivity index (χ3n) is 3.78. The van der Waals surface area contributed by atoms with Crippen molar-refractivity contribution in [2.75, 3.05) is 0 Å². The van der Waals surface area contributed by atoms with Crippen molar-refractivity contribution in [1.82, 2.24) is 19.7 Å². The molecule has 1 atom stereocenters. The first-order valence-corrected chi connectivity index (χ1v) is 6.51. The molecule has 0 saturated carbocycles. The van der Waals surface area contributed by atoms with Crippen LogP contribution in [0.2, 0.25) is 0 Å². The molecule has 20 heavy (non-hydrogen) atoms. The zero-order valence-electron chi connectivity index (χ0n) is 11.2. The van der Waals surface area contributed by atoms with Crippen LogP contribution >= 0.6 is 0 Å². The molecule has 0 bridgehead atoms. The first-order valence-electron chi connectivity index (χ1n) is 6.51. The van der Waals surface area contributed by atoms with Crippen molar-refractivity contribution in [3.8, 4) is 0 Å². The van der Waals surface area contributed by atoms with Crippen LogP contribution in [-0.2, 0) is 31.4 Å². The van der Waals surface area contributed by atoms with Gasteiger partial charge in [-0.2, -0.15) is 5.10 Å². The first-order chi connectivity index (χ1) is 9.65. The van der Waals surface area contributed by atoms with Crippen molar-refractivity contribution < 1.29 is 9.90 Å². The van der Waals surface area contributed by atoms with Crippen LogP contribution in [0.5, 0.6) is 0 Å². The first kappa shape index (κ1) is 12.8. The molecule has 104 valence electrons. The molecule has 1 aromatic heterocycles. The van der Waals surface area contributed by atoms with Crippen molar-refractivity contribution in [2.24, 2.45) is 7.05 Å². The highest BCUT2D eigenvalue weighted by atomic mass is 16.4. The Hall–Kier alpha value is -2.21. The number of benzene rings is 1. The van der Waals surface area contributed by atoms with Gasteiger partial charge in [-0.25, -0.2) is 4.98 Å². The molecule has 6 heteroatoms. The summed E-state index contributed by atoms with van der Waals surface area (Å²) < 4.78 is 1.68. The van der Waals surface area contributed by atoms with Crippen LogP contribution in [0.3, 0.4) is 0 Å². The minimum atomic E-state index is -0.790. The lowest BCUT2D eigenvalue weighted by molar-refractivity contribution is -0.144. The predicted molar refractivity (Wildman–Crippen MR) is 71.8 cm³/mol. The van der Waals surface area contributed by atoms with Crippen LogP contribution in [0.25, 0.3) is 0 Å². The van der Waals surface area contributed by atoms with Gasteiger partial charge in [-0.3, -0.25) is 14.4 Å². The maximum Gasteiger partial charge on any atom is 0.321 e. The van der Waals surface area contributed by atoms with Gasteiger partial charge in [0, 0.05) is 13.6 Å². The summed E-state index contributed by atoms with van der Waals surface area (Å²) in [6.45, 7) is 1.11. The van der Waals surface area contributed by atoms with Crippen LogP contribution in [0.4, 0.5) is 0 Å². The van der Waals surface area contributed by atoms with Gasteiger partial charge in [0.2, 0.25) is 0 Å². The second-order valence-corrected chi connectivity index (χ2v) is 5.03. The van der Waals surface area contributed by atoms with Gasteiger partial charge in [-0.1, -0.05) is 24.3 Å². The lowest BCUT2D eigenvalue weighted by Gasteiger charge is -2.33. The number of fused-ring (bicyclic) bond motifs is 1. The molecule has 1 aliphatic rings. The molecule has 0 spiro atoms. The molecule has 6 nitrogen and oxygen atoms in total. The van der Waals surface area contributed by atoms with Crippen LogP contribution in [0, 0.1) is 0 Å². The summed E-state index contributed by atoms with van der Waals surface area (Å²) in [5.74, 6) is -0.0164. The number of aromatic nitrogens is 3. The smallest absolute Gasteiger partial charge is 0.321 e. The third-order valence-corrected chi connectivity index (χ3v) is 3.78. The molecular formula is C14H16N4O2. The second-order valence-electron chi connectivity index (χ2n) is 5.03. The van der Waals surface area contributed by atoms with Crippen LogP contribution in [0.1, 0.15) is 17.0 Å². The Morgan fingerprint density at radius 2 is 2.15 bits per heavy atom. The fourth-order valence-corrected chi connectivity index (χ4v) is 2.63. The summed E-state index contributed by atoms with van der Waals surface area (Å²) >= 11 is 0. The minimum Gasteiger partial charge on any atom is -0.480 e. The molecule has 1 N–H and O–H groups in total. The van der Waals surface area contributed by atoms with E-state index in [1.54, 1.807) is 4.68 Å². The van der Waals surface area contributed by atoms with Gasteiger partial charge in [-0.15, -0.1) is 0 Å². The number of aliphatic carboxylic acids is 1. The lowest BCUT2D eigenvalue weighted by Crippen LogP contribution is -2.45. The molecule has 2 heterocycles. The maximum atomic E-state index is 11.5. The fraction of sp³-hybridized carbons (Fsp3) is 0.357. The highest BCUT2D eigenvalue weighted by Gasteiger charge is 2.31. The van der Waals surface area contributed by atoms with E-state index in [9.17, 15) is 9.90 Å². The number of carbonyl (C=O) groups is 1. The Morgan fingerprint density at radius 1 is 1.40 bits per heavy atom. The monoisotopic (exact) mass is 272 g/mol. The van der Waals surface area contributed by atoms with Crippen molar-refractivity contribution >= 4 is 5.97 Å². The fourth-order valence-electron chi connectivity index (χ4n) is 2.63. The van der Waals surface area contributed by atoms with Gasteiger partial charge in [0.1, 0.15) is 18.2 Å². The van der Waals surface area contributed by atoms with Crippen LogP contribution in [-0.4, -0.2) is 36.8 Å². The van der Waals surface area contributed by atoms with Crippen LogP contribution in [0.15, 0.2) is 30.6 Å². The van der Waals surface area contributed by atoms with Crippen molar-refractivity contribution in [1.29, 1.82) is 0 Å². The van der Waals surface area contributed by atoms with Crippen molar-refractivity contribution in [3.05, 3.63) is 47.5 Å². The number of aryl methyl sites for hydroxylation is 1. The Kier molecular flexibility index (Phi) is 3.23. The average molecular weight is 272 g/mol. The summed E-state index contributed by atoms with van der Waals surface area (Å²) in [4.78, 5) is 17.6. The minimum absolute atomic E-state index is 0.488. The third kappa shape index (κ3) is 2.30. The Bertz CT molecular complexity index is 638. The van der Waals surface area contributed by atoms with Crippen molar-refractivity contribution in [2.45, 2.75) is 25.6 Å². The summed E-state index contributed by atoms with van der Waals surface area (Å²) in [5, 5.41) is 13.5. The lowest BCUT2D eigenvalue weighted by atomic mass is 9.94. The molecule has 1 unspecified atom stereocenters. The van der Waals surface area contributed by atoms with E-state index >= 15 is 0 Å². The van der Waals surface area contributed by atoms with E-state index in [2.05, 4.69) is 16.1 Å². The maximum absolute atomic E-state index is 11.5. The van der Waals surface area contributed by atoms with E-state index in [0.717, 1.165) is 11.4 Å². The second kappa shape index (κ2) is 5.05. The summed E-state index contributed by atoms with van der Waals surface area (Å²) in [7, 11) is 1.82. The summed E-state index contributed by atoms with van der Waals surface area (Å²) in [5.41, 5.74) is 2.31.